The van der Waals surface area contributed by atoms with Crippen molar-refractivity contribution in [3.8, 4) is 11.4 Å². The number of ether oxygens (including phenoxy) is 1. The molecular formula is C26H26N4O3. The Labute approximate surface area is 192 Å². The van der Waals surface area contributed by atoms with Gasteiger partial charge in [-0.2, -0.15) is 0 Å². The van der Waals surface area contributed by atoms with Gasteiger partial charge in [-0.3, -0.25) is 4.79 Å². The van der Waals surface area contributed by atoms with E-state index in [-0.39, 0.29) is 12.5 Å². The lowest BCUT2D eigenvalue weighted by molar-refractivity contribution is 0.102. The van der Waals surface area contributed by atoms with Crippen molar-refractivity contribution in [2.24, 2.45) is 0 Å². The molecule has 0 saturated heterocycles. The highest BCUT2D eigenvalue weighted by atomic mass is 16.5. The van der Waals surface area contributed by atoms with E-state index in [0.29, 0.717) is 30.6 Å². The predicted molar refractivity (Wildman–Crippen MR) is 127 cm³/mol. The molecule has 4 aromatic rings. The van der Waals surface area contributed by atoms with Crippen LogP contribution >= 0.6 is 0 Å². The molecule has 1 amide bonds. The van der Waals surface area contributed by atoms with Gasteiger partial charge in [-0.1, -0.05) is 29.5 Å². The Bertz CT molecular complexity index is 1220. The van der Waals surface area contributed by atoms with Gasteiger partial charge in [-0.05, 0) is 78.9 Å². The summed E-state index contributed by atoms with van der Waals surface area (Å²) in [5.41, 5.74) is 5.31. The molecule has 0 aliphatic rings. The first-order valence-electron chi connectivity index (χ1n) is 10.8. The highest BCUT2D eigenvalue weighted by Crippen LogP contribution is 2.19. The van der Waals surface area contributed by atoms with Crippen molar-refractivity contribution < 1.29 is 14.6 Å². The normalized spacial score (nSPS) is 10.7. The number of hydrogen-bond donors (Lipinski definition) is 2. The van der Waals surface area contributed by atoms with Crippen LogP contribution in [0.25, 0.3) is 5.69 Å². The average Bonchev–Trinajstić information content (AvgIpc) is 3.32. The number of aliphatic hydroxyl groups is 1. The Morgan fingerprint density at radius 3 is 2.55 bits per heavy atom. The Hall–Kier alpha value is -3.97. The molecule has 0 aliphatic heterocycles. The molecule has 7 nitrogen and oxygen atoms in total. The molecule has 0 saturated carbocycles. The number of methoxy groups -OCH3 is 1. The lowest BCUT2D eigenvalue weighted by Gasteiger charge is -2.09. The fraction of sp³-hybridized carbons (Fsp3) is 0.192. The van der Waals surface area contributed by atoms with Crippen molar-refractivity contribution in [2.75, 3.05) is 19.0 Å². The molecule has 3 aromatic carbocycles. The summed E-state index contributed by atoms with van der Waals surface area (Å²) in [6, 6.07) is 23.0. The minimum Gasteiger partial charge on any atom is -0.497 e. The molecule has 0 bridgehead atoms. The van der Waals surface area contributed by atoms with E-state index in [1.54, 1.807) is 36.1 Å². The van der Waals surface area contributed by atoms with Gasteiger partial charge in [-0.25, -0.2) is 4.68 Å². The molecule has 0 spiro atoms. The molecule has 4 rings (SSSR count). The van der Waals surface area contributed by atoms with Crippen LogP contribution in [0.2, 0.25) is 0 Å². The highest BCUT2D eigenvalue weighted by molar-refractivity contribution is 6.04. The lowest BCUT2D eigenvalue weighted by Crippen LogP contribution is -2.11. The number of anilines is 1. The standard InChI is InChI=1S/C26H26N4O3/c1-33-25-12-10-21(11-13-25)26(32)27-22-7-2-5-19(16-22)15-20-6-3-9-24(17-20)30-18-23(28-29-30)8-4-14-31/h2-3,5-7,9-13,16-18,31H,4,8,14-15H2,1H3,(H,27,32). The first-order chi connectivity index (χ1) is 16.1. The smallest absolute Gasteiger partial charge is 0.255 e. The number of nitrogens with zero attached hydrogens (tertiary/aromatic N) is 3. The SMILES string of the molecule is COc1ccc(C(=O)Nc2cccc(Cc3cccc(-n4cc(CCCO)nn4)c3)c2)cc1. The number of carbonyl (C=O) groups excluding carboxylic acids is 1. The monoisotopic (exact) mass is 442 g/mol. The van der Waals surface area contributed by atoms with Gasteiger partial charge in [-0.15, -0.1) is 5.10 Å². The summed E-state index contributed by atoms with van der Waals surface area (Å²) in [7, 11) is 1.60. The molecular weight excluding hydrogens is 416 g/mol. The van der Waals surface area contributed by atoms with Crippen LogP contribution in [0.3, 0.4) is 0 Å². The highest BCUT2D eigenvalue weighted by Gasteiger charge is 2.08. The van der Waals surface area contributed by atoms with Crippen LogP contribution in [-0.4, -0.2) is 39.7 Å². The van der Waals surface area contributed by atoms with Crippen LogP contribution in [0.5, 0.6) is 5.75 Å². The third-order valence-corrected chi connectivity index (χ3v) is 5.25. The third-order valence-electron chi connectivity index (χ3n) is 5.25. The van der Waals surface area contributed by atoms with E-state index in [2.05, 4.69) is 27.8 Å². The van der Waals surface area contributed by atoms with E-state index in [1.807, 2.05) is 42.6 Å². The first kappa shape index (κ1) is 22.2. The summed E-state index contributed by atoms with van der Waals surface area (Å²) in [5.74, 6) is 0.544. The lowest BCUT2D eigenvalue weighted by atomic mass is 10.0. The molecule has 33 heavy (non-hydrogen) atoms. The maximum atomic E-state index is 12.6. The van der Waals surface area contributed by atoms with Crippen molar-refractivity contribution in [3.05, 3.63) is 101 Å². The van der Waals surface area contributed by atoms with Gasteiger partial charge in [0.25, 0.3) is 5.91 Å². The number of amides is 1. The fourth-order valence-electron chi connectivity index (χ4n) is 3.55. The minimum absolute atomic E-state index is 0.141. The summed E-state index contributed by atoms with van der Waals surface area (Å²) in [6.45, 7) is 0.141. The van der Waals surface area contributed by atoms with Gasteiger partial charge in [0.2, 0.25) is 0 Å². The number of benzene rings is 3. The summed E-state index contributed by atoms with van der Waals surface area (Å²) < 4.78 is 6.89. The Kier molecular flexibility index (Phi) is 7.12. The fourth-order valence-corrected chi connectivity index (χ4v) is 3.55. The largest absolute Gasteiger partial charge is 0.497 e. The van der Waals surface area contributed by atoms with Gasteiger partial charge in [0, 0.05) is 17.9 Å². The van der Waals surface area contributed by atoms with Gasteiger partial charge >= 0.3 is 0 Å². The Morgan fingerprint density at radius 2 is 1.79 bits per heavy atom. The van der Waals surface area contributed by atoms with Crippen LogP contribution in [0.1, 0.15) is 33.6 Å². The van der Waals surface area contributed by atoms with E-state index < -0.39 is 0 Å². The maximum Gasteiger partial charge on any atom is 0.255 e. The second kappa shape index (κ2) is 10.6. The van der Waals surface area contributed by atoms with E-state index in [0.717, 1.165) is 28.2 Å². The van der Waals surface area contributed by atoms with Gasteiger partial charge in [0.15, 0.2) is 0 Å². The van der Waals surface area contributed by atoms with E-state index in [4.69, 9.17) is 9.84 Å². The quantitative estimate of drug-likeness (QED) is 0.408. The van der Waals surface area contributed by atoms with Crippen molar-refractivity contribution >= 4 is 11.6 Å². The maximum absolute atomic E-state index is 12.6. The molecule has 1 aromatic heterocycles. The molecule has 0 aliphatic carbocycles. The van der Waals surface area contributed by atoms with Gasteiger partial charge < -0.3 is 15.2 Å². The second-order valence-corrected chi connectivity index (χ2v) is 7.71. The van der Waals surface area contributed by atoms with Crippen molar-refractivity contribution in [1.29, 1.82) is 0 Å². The van der Waals surface area contributed by atoms with Crippen LogP contribution in [-0.2, 0) is 12.8 Å². The van der Waals surface area contributed by atoms with Crippen LogP contribution < -0.4 is 10.1 Å². The number of nitrogens with one attached hydrogen (secondary N) is 1. The molecule has 7 heteroatoms. The van der Waals surface area contributed by atoms with Crippen molar-refractivity contribution in [3.63, 3.8) is 0 Å². The zero-order chi connectivity index (χ0) is 23.0. The molecule has 0 atom stereocenters. The number of aromatic nitrogens is 3. The van der Waals surface area contributed by atoms with E-state index >= 15 is 0 Å². The minimum atomic E-state index is -0.167. The number of aryl methyl sites for hydroxylation is 1. The molecule has 0 fully saturated rings. The molecule has 0 radical (unpaired) electrons. The zero-order valence-corrected chi connectivity index (χ0v) is 18.4. The average molecular weight is 443 g/mol. The molecule has 0 unspecified atom stereocenters. The van der Waals surface area contributed by atoms with E-state index in [9.17, 15) is 4.79 Å². The van der Waals surface area contributed by atoms with E-state index in [1.165, 1.54) is 0 Å². The summed E-state index contributed by atoms with van der Waals surface area (Å²) in [6.07, 6.45) is 3.98. The number of carbonyl (C=O) groups is 1. The van der Waals surface area contributed by atoms with Crippen molar-refractivity contribution in [1.82, 2.24) is 15.0 Å². The van der Waals surface area contributed by atoms with Gasteiger partial charge in [0.05, 0.1) is 24.7 Å². The molecule has 168 valence electrons. The summed E-state index contributed by atoms with van der Waals surface area (Å²) >= 11 is 0. The van der Waals surface area contributed by atoms with Crippen LogP contribution in [0.4, 0.5) is 5.69 Å². The molecule has 1 heterocycles. The van der Waals surface area contributed by atoms with Gasteiger partial charge in [0.1, 0.15) is 5.75 Å². The number of rotatable bonds is 9. The van der Waals surface area contributed by atoms with Crippen LogP contribution in [0.15, 0.2) is 79.0 Å². The predicted octanol–water partition coefficient (Wildman–Crippen LogP) is 4.04. The Morgan fingerprint density at radius 1 is 1.03 bits per heavy atom. The topological polar surface area (TPSA) is 89.3 Å². The van der Waals surface area contributed by atoms with Crippen molar-refractivity contribution in [2.45, 2.75) is 19.3 Å². The zero-order valence-electron chi connectivity index (χ0n) is 18.4. The number of aliphatic hydroxyl groups excluding tert-OH is 1. The molecule has 2 N–H and O–H groups in total. The first-order valence-corrected chi connectivity index (χ1v) is 10.8. The second-order valence-electron chi connectivity index (χ2n) is 7.71. The Balaban J connectivity index is 1.44. The summed E-state index contributed by atoms with van der Waals surface area (Å²) in [4.78, 5) is 12.6. The van der Waals surface area contributed by atoms with Crippen LogP contribution in [0, 0.1) is 0 Å². The third kappa shape index (κ3) is 5.84. The summed E-state index contributed by atoms with van der Waals surface area (Å²) in [5, 5.41) is 20.3. The number of hydrogen-bond acceptors (Lipinski definition) is 5.